The number of para-hydroxylation sites is 1. The van der Waals surface area contributed by atoms with Gasteiger partial charge in [0.05, 0.1) is 11.5 Å². The molecule has 1 fully saturated rings. The fourth-order valence-electron chi connectivity index (χ4n) is 2.82. The van der Waals surface area contributed by atoms with Crippen molar-refractivity contribution in [1.29, 1.82) is 0 Å². The highest BCUT2D eigenvalue weighted by molar-refractivity contribution is 5.69. The largest absolute Gasteiger partial charge is 0.480 e. The topological polar surface area (TPSA) is 95.7 Å². The molecule has 2 rings (SSSR count). The maximum absolute atomic E-state index is 10.9. The molecule has 0 bridgehead atoms. The maximum atomic E-state index is 10.9. The zero-order chi connectivity index (χ0) is 16.1. The Morgan fingerprint density at radius 2 is 2.14 bits per heavy atom. The average Bonchev–Trinajstić information content (AvgIpc) is 2.44. The number of carbonyl (C=O) groups is 1. The summed E-state index contributed by atoms with van der Waals surface area (Å²) in [6.45, 7) is 3.20. The van der Waals surface area contributed by atoms with Crippen LogP contribution in [0.5, 0.6) is 0 Å². The number of nitrogens with one attached hydrogen (secondary N) is 1. The molecule has 0 saturated heterocycles. The van der Waals surface area contributed by atoms with Gasteiger partial charge in [0.1, 0.15) is 0 Å². The van der Waals surface area contributed by atoms with Gasteiger partial charge in [-0.05, 0) is 19.4 Å². The van der Waals surface area contributed by atoms with Gasteiger partial charge in [0, 0.05) is 30.3 Å². The summed E-state index contributed by atoms with van der Waals surface area (Å²) in [5.41, 5.74) is 0.806. The van der Waals surface area contributed by atoms with Gasteiger partial charge in [0.15, 0.2) is 0 Å². The predicted octanol–water partition coefficient (Wildman–Crippen LogP) is 1.62. The SMILES string of the molecule is CCN(CC(=O)O)C1CC(NCc2ccccc2[N+](=O)[O-])C1. The molecule has 1 aliphatic carbocycles. The number of hydrogen-bond donors (Lipinski definition) is 2. The second-order valence-electron chi connectivity index (χ2n) is 5.55. The second-order valence-corrected chi connectivity index (χ2v) is 5.55. The zero-order valence-corrected chi connectivity index (χ0v) is 12.6. The standard InChI is InChI=1S/C15H21N3O4/c1-2-17(10-15(19)20)13-7-12(8-13)16-9-11-5-3-4-6-14(11)18(21)22/h3-6,12-13,16H,2,7-10H2,1H3,(H,19,20). The van der Waals surface area contributed by atoms with Crippen LogP contribution in [0.1, 0.15) is 25.3 Å². The Balaban J connectivity index is 1.81. The van der Waals surface area contributed by atoms with Gasteiger partial charge in [0.2, 0.25) is 0 Å². The van der Waals surface area contributed by atoms with Crippen LogP contribution in [-0.2, 0) is 11.3 Å². The van der Waals surface area contributed by atoms with E-state index in [2.05, 4.69) is 5.32 Å². The van der Waals surface area contributed by atoms with E-state index in [0.717, 1.165) is 12.8 Å². The fraction of sp³-hybridized carbons (Fsp3) is 0.533. The van der Waals surface area contributed by atoms with Crippen LogP contribution in [0.15, 0.2) is 24.3 Å². The highest BCUT2D eigenvalue weighted by Gasteiger charge is 2.33. The molecule has 0 amide bonds. The van der Waals surface area contributed by atoms with E-state index < -0.39 is 5.97 Å². The van der Waals surface area contributed by atoms with Crippen molar-refractivity contribution in [2.24, 2.45) is 0 Å². The van der Waals surface area contributed by atoms with Crippen molar-refractivity contribution in [3.8, 4) is 0 Å². The lowest BCUT2D eigenvalue weighted by atomic mass is 9.85. The summed E-state index contributed by atoms with van der Waals surface area (Å²) in [6, 6.07) is 7.28. The molecule has 0 radical (unpaired) electrons. The summed E-state index contributed by atoms with van der Waals surface area (Å²) in [4.78, 5) is 23.3. The molecule has 0 aliphatic heterocycles. The number of likely N-dealkylation sites (N-methyl/N-ethyl adjacent to an activating group) is 1. The van der Waals surface area contributed by atoms with Crippen LogP contribution >= 0.6 is 0 Å². The van der Waals surface area contributed by atoms with Crippen molar-refractivity contribution < 1.29 is 14.8 Å². The van der Waals surface area contributed by atoms with Crippen LogP contribution in [0.3, 0.4) is 0 Å². The third-order valence-corrected chi connectivity index (χ3v) is 4.14. The summed E-state index contributed by atoms with van der Waals surface area (Å²) < 4.78 is 0. The minimum atomic E-state index is -0.807. The first-order valence-electron chi connectivity index (χ1n) is 7.42. The third-order valence-electron chi connectivity index (χ3n) is 4.14. The van der Waals surface area contributed by atoms with E-state index in [1.54, 1.807) is 18.2 Å². The Morgan fingerprint density at radius 3 is 2.73 bits per heavy atom. The zero-order valence-electron chi connectivity index (χ0n) is 12.6. The molecule has 1 aromatic rings. The van der Waals surface area contributed by atoms with Crippen molar-refractivity contribution >= 4 is 11.7 Å². The highest BCUT2D eigenvalue weighted by atomic mass is 16.6. The maximum Gasteiger partial charge on any atom is 0.317 e. The fourth-order valence-corrected chi connectivity index (χ4v) is 2.82. The molecule has 1 aliphatic rings. The van der Waals surface area contributed by atoms with E-state index in [4.69, 9.17) is 5.11 Å². The van der Waals surface area contributed by atoms with E-state index in [1.807, 2.05) is 11.8 Å². The molecule has 0 unspecified atom stereocenters. The van der Waals surface area contributed by atoms with Gasteiger partial charge >= 0.3 is 5.97 Å². The summed E-state index contributed by atoms with van der Waals surface area (Å²) in [6.07, 6.45) is 1.75. The normalized spacial score (nSPS) is 20.6. The Hall–Kier alpha value is -1.99. The van der Waals surface area contributed by atoms with Gasteiger partial charge in [0.25, 0.3) is 5.69 Å². The van der Waals surface area contributed by atoms with Gasteiger partial charge in [-0.15, -0.1) is 0 Å². The van der Waals surface area contributed by atoms with Gasteiger partial charge < -0.3 is 10.4 Å². The highest BCUT2D eigenvalue weighted by Crippen LogP contribution is 2.26. The number of rotatable bonds is 8. The van der Waals surface area contributed by atoms with Gasteiger partial charge in [-0.25, -0.2) is 0 Å². The number of nitro benzene ring substituents is 1. The van der Waals surface area contributed by atoms with E-state index in [1.165, 1.54) is 6.07 Å². The molecule has 0 aromatic heterocycles. The van der Waals surface area contributed by atoms with E-state index in [9.17, 15) is 14.9 Å². The number of hydrogen-bond acceptors (Lipinski definition) is 5. The Labute approximate surface area is 129 Å². The number of nitrogens with zero attached hydrogens (tertiary/aromatic N) is 2. The van der Waals surface area contributed by atoms with Crippen LogP contribution in [0, 0.1) is 10.1 Å². The molecule has 7 heteroatoms. The lowest BCUT2D eigenvalue weighted by Crippen LogP contribution is -2.53. The minimum Gasteiger partial charge on any atom is -0.480 e. The summed E-state index contributed by atoms with van der Waals surface area (Å²) in [7, 11) is 0. The molecule has 0 atom stereocenters. The third kappa shape index (κ3) is 4.02. The van der Waals surface area contributed by atoms with Crippen LogP contribution in [-0.4, -0.2) is 46.1 Å². The average molecular weight is 307 g/mol. The van der Waals surface area contributed by atoms with E-state index >= 15 is 0 Å². The monoisotopic (exact) mass is 307 g/mol. The van der Waals surface area contributed by atoms with Crippen molar-refractivity contribution in [1.82, 2.24) is 10.2 Å². The summed E-state index contributed by atoms with van der Waals surface area (Å²) >= 11 is 0. The first-order valence-corrected chi connectivity index (χ1v) is 7.42. The van der Waals surface area contributed by atoms with Gasteiger partial charge in [-0.1, -0.05) is 25.1 Å². The molecule has 120 valence electrons. The number of carboxylic acid groups (broad SMARTS) is 1. The smallest absolute Gasteiger partial charge is 0.317 e. The molecule has 0 spiro atoms. The number of aliphatic carboxylic acids is 1. The van der Waals surface area contributed by atoms with Crippen LogP contribution in [0.2, 0.25) is 0 Å². The molecule has 1 saturated carbocycles. The van der Waals surface area contributed by atoms with Crippen LogP contribution in [0.25, 0.3) is 0 Å². The van der Waals surface area contributed by atoms with Crippen LogP contribution in [0.4, 0.5) is 5.69 Å². The summed E-state index contributed by atoms with van der Waals surface area (Å²) in [5, 5.41) is 23.1. The minimum absolute atomic E-state index is 0.0675. The van der Waals surface area contributed by atoms with Crippen LogP contribution < -0.4 is 5.32 Å². The lowest BCUT2D eigenvalue weighted by Gasteiger charge is -2.42. The van der Waals surface area contributed by atoms with E-state index in [0.29, 0.717) is 18.7 Å². The number of benzene rings is 1. The number of nitro groups is 1. The summed E-state index contributed by atoms with van der Waals surface area (Å²) in [5.74, 6) is -0.807. The lowest BCUT2D eigenvalue weighted by molar-refractivity contribution is -0.385. The Morgan fingerprint density at radius 1 is 1.45 bits per heavy atom. The van der Waals surface area contributed by atoms with Crippen molar-refractivity contribution in [3.63, 3.8) is 0 Å². The Bertz CT molecular complexity index is 543. The quantitative estimate of drug-likeness (QED) is 0.560. The molecule has 2 N–H and O–H groups in total. The van der Waals surface area contributed by atoms with Gasteiger partial charge in [-0.3, -0.25) is 19.8 Å². The van der Waals surface area contributed by atoms with Crippen molar-refractivity contribution in [3.05, 3.63) is 39.9 Å². The first kappa shape index (κ1) is 16.4. The molecule has 1 aromatic carbocycles. The molecule has 22 heavy (non-hydrogen) atoms. The molecular formula is C15H21N3O4. The number of carboxylic acids is 1. The van der Waals surface area contributed by atoms with Crippen molar-refractivity contribution in [2.45, 2.75) is 38.4 Å². The second kappa shape index (κ2) is 7.33. The Kier molecular flexibility index (Phi) is 5.46. The van der Waals surface area contributed by atoms with Gasteiger partial charge in [-0.2, -0.15) is 0 Å². The van der Waals surface area contributed by atoms with Crippen molar-refractivity contribution in [2.75, 3.05) is 13.1 Å². The van der Waals surface area contributed by atoms with E-state index in [-0.39, 0.29) is 29.2 Å². The molecule has 0 heterocycles. The molecular weight excluding hydrogens is 286 g/mol. The molecule has 7 nitrogen and oxygen atoms in total. The first-order chi connectivity index (χ1) is 10.5. The predicted molar refractivity (Wildman–Crippen MR) is 81.6 cm³/mol.